The average molecular weight is 434 g/mol. The summed E-state index contributed by atoms with van der Waals surface area (Å²) in [5.41, 5.74) is 4.80. The summed E-state index contributed by atoms with van der Waals surface area (Å²) in [6.07, 6.45) is 5.31. The van der Waals surface area contributed by atoms with E-state index >= 15 is 0 Å². The molecule has 0 saturated carbocycles. The first-order valence-corrected chi connectivity index (χ1v) is 10.5. The van der Waals surface area contributed by atoms with E-state index in [9.17, 15) is 19.2 Å². The normalized spacial score (nSPS) is 10.8. The lowest BCUT2D eigenvalue weighted by Gasteiger charge is -2.26. The minimum absolute atomic E-state index is 0.0490. The van der Waals surface area contributed by atoms with Gasteiger partial charge in [0, 0.05) is 20.1 Å². The van der Waals surface area contributed by atoms with Crippen LogP contribution in [0.3, 0.4) is 0 Å². The van der Waals surface area contributed by atoms with Crippen molar-refractivity contribution in [2.75, 3.05) is 30.8 Å². The van der Waals surface area contributed by atoms with Crippen molar-refractivity contribution in [3.8, 4) is 0 Å². The van der Waals surface area contributed by atoms with E-state index in [0.717, 1.165) is 19.3 Å². The van der Waals surface area contributed by atoms with Crippen LogP contribution in [-0.4, -0.2) is 46.4 Å². The van der Waals surface area contributed by atoms with Crippen molar-refractivity contribution in [1.29, 1.82) is 0 Å². The number of nitrogen functional groups attached to an aromatic ring is 1. The second kappa shape index (κ2) is 11.2. The van der Waals surface area contributed by atoms with Gasteiger partial charge in [-0.1, -0.05) is 33.1 Å². The number of H-pyrrole nitrogens is 1. The molecule has 2 amide bonds. The summed E-state index contributed by atoms with van der Waals surface area (Å²) in [4.78, 5) is 55.2. The van der Waals surface area contributed by atoms with Gasteiger partial charge >= 0.3 is 5.69 Å². The topological polar surface area (TPSA) is 135 Å². The second-order valence-electron chi connectivity index (χ2n) is 7.39. The molecule has 0 bridgehead atoms. The highest BCUT2D eigenvalue weighted by Gasteiger charge is 2.26. The smallest absolute Gasteiger partial charge is 0.330 e. The van der Waals surface area contributed by atoms with Crippen molar-refractivity contribution >= 4 is 23.3 Å². The van der Waals surface area contributed by atoms with Crippen LogP contribution in [0.5, 0.6) is 0 Å². The Kier molecular flexibility index (Phi) is 8.65. The molecular weight excluding hydrogens is 402 g/mol. The highest BCUT2D eigenvalue weighted by molar-refractivity contribution is 6.00. The molecule has 0 aromatic carbocycles. The number of likely N-dealkylation sites (N-methyl/N-ethyl adjacent to an activating group) is 1. The van der Waals surface area contributed by atoms with Crippen LogP contribution >= 0.6 is 0 Å². The molecule has 3 N–H and O–H groups in total. The van der Waals surface area contributed by atoms with Crippen LogP contribution in [0.15, 0.2) is 32.4 Å². The van der Waals surface area contributed by atoms with Crippen LogP contribution < -0.4 is 21.9 Å². The van der Waals surface area contributed by atoms with Crippen molar-refractivity contribution in [3.05, 3.63) is 45.0 Å². The Balaban J connectivity index is 2.37. The number of anilines is 2. The zero-order valence-electron chi connectivity index (χ0n) is 18.3. The number of rotatable bonds is 11. The van der Waals surface area contributed by atoms with Gasteiger partial charge in [0.05, 0.1) is 6.26 Å². The molecule has 2 heterocycles. The van der Waals surface area contributed by atoms with Gasteiger partial charge in [-0.05, 0) is 25.0 Å². The van der Waals surface area contributed by atoms with Crippen molar-refractivity contribution in [3.63, 3.8) is 0 Å². The van der Waals surface area contributed by atoms with E-state index in [1.807, 2.05) is 13.8 Å². The SMILES string of the molecule is CCCCCN(C(=O)CN(C)C(=O)c1ccco1)c1c(N)n(CCCC)c(=O)[nH]c1=O. The molecule has 0 radical (unpaired) electrons. The van der Waals surface area contributed by atoms with Gasteiger partial charge < -0.3 is 20.0 Å². The number of furan rings is 1. The van der Waals surface area contributed by atoms with E-state index < -0.39 is 23.1 Å². The Morgan fingerprint density at radius 1 is 1.16 bits per heavy atom. The maximum atomic E-state index is 13.1. The van der Waals surface area contributed by atoms with Crippen molar-refractivity contribution in [1.82, 2.24) is 14.5 Å². The Hall–Kier alpha value is -3.30. The minimum Gasteiger partial charge on any atom is -0.459 e. The lowest BCUT2D eigenvalue weighted by molar-refractivity contribution is -0.119. The van der Waals surface area contributed by atoms with Crippen LogP contribution in [0.1, 0.15) is 56.5 Å². The maximum Gasteiger partial charge on any atom is 0.330 e. The van der Waals surface area contributed by atoms with E-state index in [1.165, 1.54) is 33.7 Å². The van der Waals surface area contributed by atoms with E-state index in [2.05, 4.69) is 4.98 Å². The number of amides is 2. The molecule has 0 unspecified atom stereocenters. The molecule has 2 aromatic heterocycles. The molecule has 2 rings (SSSR count). The maximum absolute atomic E-state index is 13.1. The number of nitrogens with zero attached hydrogens (tertiary/aromatic N) is 3. The van der Waals surface area contributed by atoms with Gasteiger partial charge in [0.2, 0.25) is 5.91 Å². The van der Waals surface area contributed by atoms with E-state index in [0.29, 0.717) is 19.4 Å². The first-order chi connectivity index (χ1) is 14.8. The predicted octanol–water partition coefficient (Wildman–Crippen LogP) is 1.81. The number of hydrogen-bond acceptors (Lipinski definition) is 6. The number of aromatic nitrogens is 2. The van der Waals surface area contributed by atoms with Crippen molar-refractivity contribution in [2.24, 2.45) is 0 Å². The third kappa shape index (κ3) is 5.87. The lowest BCUT2D eigenvalue weighted by Crippen LogP contribution is -2.46. The second-order valence-corrected chi connectivity index (χ2v) is 7.39. The fourth-order valence-corrected chi connectivity index (χ4v) is 3.21. The summed E-state index contributed by atoms with van der Waals surface area (Å²) in [5, 5.41) is 0. The Morgan fingerprint density at radius 3 is 2.48 bits per heavy atom. The largest absolute Gasteiger partial charge is 0.459 e. The fourth-order valence-electron chi connectivity index (χ4n) is 3.21. The van der Waals surface area contributed by atoms with Crippen LogP contribution in [0.2, 0.25) is 0 Å². The number of hydrogen-bond donors (Lipinski definition) is 2. The number of carbonyl (C=O) groups is 2. The number of nitrogens with one attached hydrogen (secondary N) is 1. The molecular formula is C21H31N5O5. The van der Waals surface area contributed by atoms with Crippen molar-refractivity contribution in [2.45, 2.75) is 52.5 Å². The van der Waals surface area contributed by atoms with E-state index in [1.54, 1.807) is 6.07 Å². The van der Waals surface area contributed by atoms with Gasteiger partial charge in [-0.2, -0.15) is 0 Å². The number of carbonyl (C=O) groups excluding carboxylic acids is 2. The summed E-state index contributed by atoms with van der Waals surface area (Å²) in [7, 11) is 1.47. The Morgan fingerprint density at radius 2 is 1.87 bits per heavy atom. The molecule has 0 fully saturated rings. The standard InChI is InChI=1S/C21H31N5O5/c1-4-6-8-12-25(16(27)14-24(3)20(29)15-10-9-13-31-15)17-18(22)26(11-7-5-2)21(30)23-19(17)28/h9-10,13H,4-8,11-12,14,22H2,1-3H3,(H,23,28,30). The Labute approximate surface area is 180 Å². The summed E-state index contributed by atoms with van der Waals surface area (Å²) >= 11 is 0. The van der Waals surface area contributed by atoms with Crippen LogP contribution in [0.4, 0.5) is 11.5 Å². The average Bonchev–Trinajstić information content (AvgIpc) is 3.26. The molecule has 0 aliphatic heterocycles. The first-order valence-electron chi connectivity index (χ1n) is 10.5. The summed E-state index contributed by atoms with van der Waals surface area (Å²) in [6.45, 7) is 4.29. The summed E-state index contributed by atoms with van der Waals surface area (Å²) in [5.74, 6) is -0.872. The van der Waals surface area contributed by atoms with Gasteiger partial charge in [0.25, 0.3) is 11.5 Å². The molecule has 0 spiro atoms. The van der Waals surface area contributed by atoms with E-state index in [4.69, 9.17) is 10.2 Å². The number of aromatic amines is 1. The van der Waals surface area contributed by atoms with Crippen LogP contribution in [0.25, 0.3) is 0 Å². The molecule has 2 aromatic rings. The summed E-state index contributed by atoms with van der Waals surface area (Å²) in [6, 6.07) is 3.09. The Bertz CT molecular complexity index is 993. The van der Waals surface area contributed by atoms with Gasteiger partial charge in [-0.15, -0.1) is 0 Å². The van der Waals surface area contributed by atoms with E-state index in [-0.39, 0.29) is 30.4 Å². The van der Waals surface area contributed by atoms with Crippen molar-refractivity contribution < 1.29 is 14.0 Å². The molecule has 0 saturated heterocycles. The summed E-state index contributed by atoms with van der Waals surface area (Å²) < 4.78 is 6.37. The molecule has 0 aliphatic carbocycles. The zero-order valence-corrected chi connectivity index (χ0v) is 18.3. The zero-order chi connectivity index (χ0) is 23.0. The quantitative estimate of drug-likeness (QED) is 0.519. The highest BCUT2D eigenvalue weighted by atomic mass is 16.3. The van der Waals surface area contributed by atoms with Gasteiger partial charge in [0.1, 0.15) is 12.4 Å². The monoisotopic (exact) mass is 433 g/mol. The lowest BCUT2D eigenvalue weighted by atomic mass is 10.2. The van der Waals surface area contributed by atoms with Gasteiger partial charge in [0.15, 0.2) is 11.4 Å². The molecule has 10 nitrogen and oxygen atoms in total. The van der Waals surface area contributed by atoms with Gasteiger partial charge in [-0.3, -0.25) is 23.9 Å². The minimum atomic E-state index is -0.722. The predicted molar refractivity (Wildman–Crippen MR) is 118 cm³/mol. The number of nitrogens with two attached hydrogens (primary N) is 1. The molecule has 170 valence electrons. The molecule has 31 heavy (non-hydrogen) atoms. The third-order valence-electron chi connectivity index (χ3n) is 4.96. The number of unbranched alkanes of at least 4 members (excludes halogenated alkanes) is 3. The highest BCUT2D eigenvalue weighted by Crippen LogP contribution is 2.19. The first kappa shape index (κ1) is 24.0. The van der Waals surface area contributed by atoms with Gasteiger partial charge in [-0.25, -0.2) is 4.79 Å². The third-order valence-corrected chi connectivity index (χ3v) is 4.96. The van der Waals surface area contributed by atoms with Crippen LogP contribution in [0, 0.1) is 0 Å². The molecule has 0 aliphatic rings. The fraction of sp³-hybridized carbons (Fsp3) is 0.524. The molecule has 10 heteroatoms. The molecule has 0 atom stereocenters. The van der Waals surface area contributed by atoms with Crippen LogP contribution in [-0.2, 0) is 11.3 Å².